The van der Waals surface area contributed by atoms with Crippen molar-refractivity contribution in [3.8, 4) is 0 Å². The van der Waals surface area contributed by atoms with Gasteiger partial charge in [-0.05, 0) is 38.1 Å². The maximum absolute atomic E-state index is 5.14. The van der Waals surface area contributed by atoms with E-state index in [9.17, 15) is 0 Å². The van der Waals surface area contributed by atoms with Crippen LogP contribution in [0.1, 0.15) is 44.9 Å². The van der Waals surface area contributed by atoms with E-state index in [2.05, 4.69) is 10.2 Å². The van der Waals surface area contributed by atoms with Gasteiger partial charge in [-0.2, -0.15) is 0 Å². The average Bonchev–Trinajstić information content (AvgIpc) is 2.45. The van der Waals surface area contributed by atoms with E-state index >= 15 is 0 Å². The first kappa shape index (κ1) is 14.3. The minimum absolute atomic E-state index is 0.807. The van der Waals surface area contributed by atoms with Gasteiger partial charge in [0, 0.05) is 39.4 Å². The average molecular weight is 254 g/mol. The summed E-state index contributed by atoms with van der Waals surface area (Å²) in [5, 5.41) is 3.60. The van der Waals surface area contributed by atoms with Gasteiger partial charge < -0.3 is 10.1 Å². The van der Waals surface area contributed by atoms with Gasteiger partial charge in [-0.3, -0.25) is 4.90 Å². The summed E-state index contributed by atoms with van der Waals surface area (Å²) < 4.78 is 5.14. The van der Waals surface area contributed by atoms with E-state index in [1.165, 1.54) is 71.1 Å². The first-order chi connectivity index (χ1) is 8.92. The van der Waals surface area contributed by atoms with Gasteiger partial charge in [0.2, 0.25) is 0 Å². The quantitative estimate of drug-likeness (QED) is 0.736. The largest absolute Gasteiger partial charge is 0.385 e. The number of nitrogens with zero attached hydrogens (tertiary/aromatic N) is 1. The van der Waals surface area contributed by atoms with Crippen molar-refractivity contribution in [3.63, 3.8) is 0 Å². The normalized spacial score (nSPS) is 27.5. The van der Waals surface area contributed by atoms with E-state index in [1.54, 1.807) is 7.11 Å². The Morgan fingerprint density at radius 3 is 2.78 bits per heavy atom. The second-order valence-corrected chi connectivity index (χ2v) is 5.91. The van der Waals surface area contributed by atoms with Gasteiger partial charge in [-0.1, -0.05) is 19.3 Å². The number of hydrogen-bond donors (Lipinski definition) is 1. The summed E-state index contributed by atoms with van der Waals surface area (Å²) in [7, 11) is 1.80. The van der Waals surface area contributed by atoms with E-state index in [4.69, 9.17) is 4.74 Å². The molecular formula is C15H30N2O. The molecule has 106 valence electrons. The third-order valence-electron chi connectivity index (χ3n) is 4.64. The lowest BCUT2D eigenvalue weighted by Gasteiger charge is -2.42. The van der Waals surface area contributed by atoms with Crippen molar-refractivity contribution in [3.05, 3.63) is 0 Å². The molecule has 2 fully saturated rings. The van der Waals surface area contributed by atoms with Crippen LogP contribution in [0.15, 0.2) is 0 Å². The number of piperazine rings is 1. The standard InChI is InChI=1S/C15H30N2O/c1-18-12-6-5-10-17-11-9-16-13-15(17)14-7-3-2-4-8-14/h14-16H,2-13H2,1H3. The Labute approximate surface area is 112 Å². The maximum Gasteiger partial charge on any atom is 0.0462 e. The van der Waals surface area contributed by atoms with Crippen molar-refractivity contribution < 1.29 is 4.74 Å². The molecule has 0 bridgehead atoms. The van der Waals surface area contributed by atoms with Crippen LogP contribution in [0.3, 0.4) is 0 Å². The highest BCUT2D eigenvalue weighted by Crippen LogP contribution is 2.29. The Balaban J connectivity index is 1.77. The summed E-state index contributed by atoms with van der Waals surface area (Å²) in [4.78, 5) is 2.75. The smallest absolute Gasteiger partial charge is 0.0462 e. The van der Waals surface area contributed by atoms with Gasteiger partial charge in [0.25, 0.3) is 0 Å². The van der Waals surface area contributed by atoms with E-state index in [0.29, 0.717) is 0 Å². The number of unbranched alkanes of at least 4 members (excludes halogenated alkanes) is 1. The summed E-state index contributed by atoms with van der Waals surface area (Å²) in [6, 6.07) is 0.807. The first-order valence-corrected chi connectivity index (χ1v) is 7.85. The molecule has 2 rings (SSSR count). The van der Waals surface area contributed by atoms with E-state index < -0.39 is 0 Å². The summed E-state index contributed by atoms with van der Waals surface area (Å²) in [6.45, 7) is 5.82. The Hall–Kier alpha value is -0.120. The number of rotatable bonds is 6. The molecule has 0 aromatic rings. The Morgan fingerprint density at radius 1 is 1.17 bits per heavy atom. The molecular weight excluding hydrogens is 224 g/mol. The van der Waals surface area contributed by atoms with E-state index in [-0.39, 0.29) is 0 Å². The van der Waals surface area contributed by atoms with Gasteiger partial charge in [0.1, 0.15) is 0 Å². The van der Waals surface area contributed by atoms with Crippen LogP contribution in [0.2, 0.25) is 0 Å². The third-order valence-corrected chi connectivity index (χ3v) is 4.64. The van der Waals surface area contributed by atoms with Crippen LogP contribution < -0.4 is 5.32 Å². The van der Waals surface area contributed by atoms with E-state index in [0.717, 1.165) is 18.6 Å². The molecule has 3 nitrogen and oxygen atoms in total. The molecule has 0 amide bonds. The van der Waals surface area contributed by atoms with Crippen molar-refractivity contribution in [2.75, 3.05) is 39.9 Å². The molecule has 0 radical (unpaired) electrons. The number of hydrogen-bond acceptors (Lipinski definition) is 3. The van der Waals surface area contributed by atoms with Crippen LogP contribution in [0.4, 0.5) is 0 Å². The summed E-state index contributed by atoms with van der Waals surface area (Å²) in [6.07, 6.45) is 9.79. The van der Waals surface area contributed by atoms with Crippen LogP contribution in [0.5, 0.6) is 0 Å². The van der Waals surface area contributed by atoms with Crippen molar-refractivity contribution in [1.82, 2.24) is 10.2 Å². The second-order valence-electron chi connectivity index (χ2n) is 5.91. The second kappa shape index (κ2) is 8.13. The van der Waals surface area contributed by atoms with Crippen LogP contribution in [0, 0.1) is 5.92 Å². The molecule has 2 aliphatic rings. The fourth-order valence-corrected chi connectivity index (χ4v) is 3.59. The Kier molecular flexibility index (Phi) is 6.46. The van der Waals surface area contributed by atoms with Crippen LogP contribution in [0.25, 0.3) is 0 Å². The molecule has 1 unspecified atom stereocenters. The molecule has 1 saturated heterocycles. The fourth-order valence-electron chi connectivity index (χ4n) is 3.59. The molecule has 3 heteroatoms. The minimum Gasteiger partial charge on any atom is -0.385 e. The summed E-state index contributed by atoms with van der Waals surface area (Å²) >= 11 is 0. The molecule has 1 aliphatic heterocycles. The predicted molar refractivity (Wildman–Crippen MR) is 75.9 cm³/mol. The molecule has 0 aromatic carbocycles. The highest BCUT2D eigenvalue weighted by Gasteiger charge is 2.30. The molecule has 0 spiro atoms. The fraction of sp³-hybridized carbons (Fsp3) is 1.00. The molecule has 1 aliphatic carbocycles. The number of ether oxygens (including phenoxy) is 1. The lowest BCUT2D eigenvalue weighted by atomic mass is 9.82. The zero-order chi connectivity index (χ0) is 12.6. The van der Waals surface area contributed by atoms with Gasteiger partial charge in [0.15, 0.2) is 0 Å². The Morgan fingerprint density at radius 2 is 2.00 bits per heavy atom. The van der Waals surface area contributed by atoms with E-state index in [1.807, 2.05) is 0 Å². The van der Waals surface area contributed by atoms with Crippen molar-refractivity contribution in [2.45, 2.75) is 51.0 Å². The van der Waals surface area contributed by atoms with Crippen LogP contribution >= 0.6 is 0 Å². The van der Waals surface area contributed by atoms with Gasteiger partial charge in [-0.15, -0.1) is 0 Å². The van der Waals surface area contributed by atoms with Crippen LogP contribution in [-0.4, -0.2) is 50.8 Å². The zero-order valence-electron chi connectivity index (χ0n) is 12.0. The molecule has 18 heavy (non-hydrogen) atoms. The van der Waals surface area contributed by atoms with Crippen LogP contribution in [-0.2, 0) is 4.74 Å². The molecule has 0 aromatic heterocycles. The molecule has 1 heterocycles. The topological polar surface area (TPSA) is 24.5 Å². The highest BCUT2D eigenvalue weighted by atomic mass is 16.5. The van der Waals surface area contributed by atoms with Crippen molar-refractivity contribution in [1.29, 1.82) is 0 Å². The third kappa shape index (κ3) is 4.22. The molecule has 1 atom stereocenters. The Bertz CT molecular complexity index is 217. The molecule has 1 N–H and O–H groups in total. The maximum atomic E-state index is 5.14. The lowest BCUT2D eigenvalue weighted by Crippen LogP contribution is -2.54. The molecule has 1 saturated carbocycles. The SMILES string of the molecule is COCCCCN1CCNCC1C1CCCCC1. The predicted octanol–water partition coefficient (Wildman–Crippen LogP) is 2.27. The monoisotopic (exact) mass is 254 g/mol. The number of nitrogens with one attached hydrogen (secondary N) is 1. The number of methoxy groups -OCH3 is 1. The van der Waals surface area contributed by atoms with Gasteiger partial charge in [-0.25, -0.2) is 0 Å². The van der Waals surface area contributed by atoms with Crippen molar-refractivity contribution >= 4 is 0 Å². The lowest BCUT2D eigenvalue weighted by molar-refractivity contribution is 0.0877. The highest BCUT2D eigenvalue weighted by molar-refractivity contribution is 4.86. The minimum atomic E-state index is 0.807. The van der Waals surface area contributed by atoms with Gasteiger partial charge >= 0.3 is 0 Å². The first-order valence-electron chi connectivity index (χ1n) is 7.85. The zero-order valence-corrected chi connectivity index (χ0v) is 12.0. The summed E-state index contributed by atoms with van der Waals surface area (Å²) in [5.74, 6) is 0.953. The van der Waals surface area contributed by atoms with Gasteiger partial charge in [0.05, 0.1) is 0 Å². The van der Waals surface area contributed by atoms with Crippen molar-refractivity contribution in [2.24, 2.45) is 5.92 Å². The summed E-state index contributed by atoms with van der Waals surface area (Å²) in [5.41, 5.74) is 0.